The maximum atomic E-state index is 10.9. The van der Waals surface area contributed by atoms with Crippen LogP contribution in [0.1, 0.15) is 25.3 Å². The number of carbonyl (C=O) groups is 1. The van der Waals surface area contributed by atoms with Crippen molar-refractivity contribution in [3.05, 3.63) is 29.8 Å². The van der Waals surface area contributed by atoms with Crippen LogP contribution >= 0.6 is 12.2 Å². The summed E-state index contributed by atoms with van der Waals surface area (Å²) in [5, 5.41) is 10.3. The summed E-state index contributed by atoms with van der Waals surface area (Å²) in [6.45, 7) is 3.01. The van der Waals surface area contributed by atoms with Gasteiger partial charge in [-0.1, -0.05) is 12.1 Å². The molecule has 118 valence electrons. The number of thiocarbonyl (C=S) groups is 1. The van der Waals surface area contributed by atoms with Crippen LogP contribution in [0.25, 0.3) is 0 Å². The number of nitrogens with one attached hydrogen (secondary N) is 3. The highest BCUT2D eigenvalue weighted by molar-refractivity contribution is 7.80. The van der Waals surface area contributed by atoms with Crippen molar-refractivity contribution in [3.8, 4) is 0 Å². The molecule has 0 radical (unpaired) electrons. The highest BCUT2D eigenvalue weighted by Crippen LogP contribution is 2.10. The predicted molar refractivity (Wildman–Crippen MR) is 91.1 cm³/mol. The Morgan fingerprint density at radius 1 is 1.45 bits per heavy atom. The SMILES string of the molecule is CC(=O)Nc1ccc(/C=N\NC(=S)NC[C@@H]2CCCO2)cc1. The van der Waals surface area contributed by atoms with Gasteiger partial charge in [-0.05, 0) is 42.8 Å². The zero-order valence-corrected chi connectivity index (χ0v) is 13.3. The molecule has 0 bridgehead atoms. The molecule has 1 amide bonds. The second kappa shape index (κ2) is 8.45. The molecule has 7 heteroatoms. The number of amides is 1. The number of nitrogens with zero attached hydrogens (tertiary/aromatic N) is 1. The van der Waals surface area contributed by atoms with Gasteiger partial charge in [0.2, 0.25) is 5.91 Å². The molecular weight excluding hydrogens is 300 g/mol. The van der Waals surface area contributed by atoms with Crippen LogP contribution in [0.2, 0.25) is 0 Å². The standard InChI is InChI=1S/C15H20N4O2S/c1-11(20)18-13-6-4-12(5-7-13)9-17-19-15(22)16-10-14-3-2-8-21-14/h4-7,9,14H,2-3,8,10H2,1H3,(H,18,20)(H2,16,19,22)/b17-9-/t14-/m0/s1. The number of carbonyl (C=O) groups excluding carboxylic acids is 1. The Hall–Kier alpha value is -1.99. The summed E-state index contributed by atoms with van der Waals surface area (Å²) in [6, 6.07) is 7.35. The van der Waals surface area contributed by atoms with Crippen LogP contribution in [-0.4, -0.2) is 36.5 Å². The van der Waals surface area contributed by atoms with E-state index in [0.29, 0.717) is 11.7 Å². The fraction of sp³-hybridized carbons (Fsp3) is 0.400. The van der Waals surface area contributed by atoms with Crippen molar-refractivity contribution in [2.24, 2.45) is 5.10 Å². The van der Waals surface area contributed by atoms with Crippen molar-refractivity contribution in [2.75, 3.05) is 18.5 Å². The smallest absolute Gasteiger partial charge is 0.221 e. The van der Waals surface area contributed by atoms with Gasteiger partial charge in [-0.2, -0.15) is 5.10 Å². The fourth-order valence-corrected chi connectivity index (χ4v) is 2.21. The first-order valence-electron chi connectivity index (χ1n) is 7.19. The summed E-state index contributed by atoms with van der Waals surface area (Å²) in [5.74, 6) is -0.0919. The van der Waals surface area contributed by atoms with E-state index in [1.54, 1.807) is 6.21 Å². The highest BCUT2D eigenvalue weighted by Gasteiger charge is 2.14. The van der Waals surface area contributed by atoms with Crippen LogP contribution in [0.5, 0.6) is 0 Å². The first kappa shape index (κ1) is 16.4. The molecule has 1 heterocycles. The molecule has 3 N–H and O–H groups in total. The van der Waals surface area contributed by atoms with E-state index < -0.39 is 0 Å². The number of rotatable bonds is 5. The third-order valence-electron chi connectivity index (χ3n) is 3.13. The van der Waals surface area contributed by atoms with Crippen molar-refractivity contribution >= 4 is 35.1 Å². The average Bonchev–Trinajstić information content (AvgIpc) is 3.00. The lowest BCUT2D eigenvalue weighted by molar-refractivity contribution is -0.114. The van der Waals surface area contributed by atoms with Gasteiger partial charge in [0.1, 0.15) is 0 Å². The molecule has 22 heavy (non-hydrogen) atoms. The number of hydrogen-bond acceptors (Lipinski definition) is 4. The number of ether oxygens (including phenoxy) is 1. The average molecular weight is 320 g/mol. The minimum Gasteiger partial charge on any atom is -0.376 e. The van der Waals surface area contributed by atoms with E-state index in [9.17, 15) is 4.79 Å². The minimum absolute atomic E-state index is 0.0919. The van der Waals surface area contributed by atoms with Gasteiger partial charge in [-0.25, -0.2) is 0 Å². The molecule has 2 rings (SSSR count). The Morgan fingerprint density at radius 3 is 2.86 bits per heavy atom. The maximum Gasteiger partial charge on any atom is 0.221 e. The molecule has 1 fully saturated rings. The van der Waals surface area contributed by atoms with Gasteiger partial charge in [0, 0.05) is 25.8 Å². The first-order valence-corrected chi connectivity index (χ1v) is 7.60. The van der Waals surface area contributed by atoms with Gasteiger partial charge >= 0.3 is 0 Å². The zero-order chi connectivity index (χ0) is 15.8. The van der Waals surface area contributed by atoms with Gasteiger partial charge in [0.05, 0.1) is 12.3 Å². The Labute approximate surface area is 135 Å². The van der Waals surface area contributed by atoms with Crippen LogP contribution in [0.4, 0.5) is 5.69 Å². The molecule has 1 saturated heterocycles. The van der Waals surface area contributed by atoms with Crippen molar-refractivity contribution in [1.29, 1.82) is 0 Å². The fourth-order valence-electron chi connectivity index (χ4n) is 2.07. The molecule has 1 aliphatic heterocycles. The predicted octanol–water partition coefficient (Wildman–Crippen LogP) is 1.62. The monoisotopic (exact) mass is 320 g/mol. The summed E-state index contributed by atoms with van der Waals surface area (Å²) in [5.41, 5.74) is 4.43. The van der Waals surface area contributed by atoms with E-state index in [2.05, 4.69) is 21.2 Å². The summed E-state index contributed by atoms with van der Waals surface area (Å²) in [7, 11) is 0. The second-order valence-electron chi connectivity index (χ2n) is 5.02. The lowest BCUT2D eigenvalue weighted by atomic mass is 10.2. The Kier molecular flexibility index (Phi) is 6.29. The largest absolute Gasteiger partial charge is 0.376 e. The molecule has 0 aromatic heterocycles. The molecule has 6 nitrogen and oxygen atoms in total. The van der Waals surface area contributed by atoms with Gasteiger partial charge in [0.25, 0.3) is 0 Å². The van der Waals surface area contributed by atoms with Crippen LogP contribution in [0.15, 0.2) is 29.4 Å². The Bertz CT molecular complexity index is 539. The highest BCUT2D eigenvalue weighted by atomic mass is 32.1. The number of benzene rings is 1. The molecule has 0 spiro atoms. The summed E-state index contributed by atoms with van der Waals surface area (Å²) in [4.78, 5) is 10.9. The lowest BCUT2D eigenvalue weighted by Crippen LogP contribution is -2.37. The van der Waals surface area contributed by atoms with E-state index in [1.165, 1.54) is 6.92 Å². The number of hydrogen-bond donors (Lipinski definition) is 3. The van der Waals surface area contributed by atoms with Crippen molar-refractivity contribution in [1.82, 2.24) is 10.7 Å². The molecular formula is C15H20N4O2S. The van der Waals surface area contributed by atoms with E-state index in [4.69, 9.17) is 17.0 Å². The van der Waals surface area contributed by atoms with E-state index >= 15 is 0 Å². The quantitative estimate of drug-likeness (QED) is 0.437. The normalized spacial score (nSPS) is 17.4. The molecule has 1 aromatic rings. The van der Waals surface area contributed by atoms with Crippen molar-refractivity contribution < 1.29 is 9.53 Å². The third kappa shape index (κ3) is 5.79. The molecule has 1 aromatic carbocycles. The summed E-state index contributed by atoms with van der Waals surface area (Å²) in [6.07, 6.45) is 4.08. The first-order chi connectivity index (χ1) is 10.6. The van der Waals surface area contributed by atoms with Gasteiger partial charge in [-0.3, -0.25) is 10.2 Å². The maximum absolute atomic E-state index is 10.9. The number of anilines is 1. The van der Waals surface area contributed by atoms with E-state index in [-0.39, 0.29) is 12.0 Å². The lowest BCUT2D eigenvalue weighted by Gasteiger charge is -2.11. The minimum atomic E-state index is -0.0919. The van der Waals surface area contributed by atoms with Crippen LogP contribution < -0.4 is 16.1 Å². The number of hydrazone groups is 1. The summed E-state index contributed by atoms with van der Waals surface area (Å²) < 4.78 is 5.50. The molecule has 0 saturated carbocycles. The Balaban J connectivity index is 1.71. The zero-order valence-electron chi connectivity index (χ0n) is 12.5. The van der Waals surface area contributed by atoms with Crippen LogP contribution in [0.3, 0.4) is 0 Å². The van der Waals surface area contributed by atoms with Crippen LogP contribution in [-0.2, 0) is 9.53 Å². The van der Waals surface area contributed by atoms with E-state index in [1.807, 2.05) is 24.3 Å². The molecule has 1 atom stereocenters. The Morgan fingerprint density at radius 2 is 2.23 bits per heavy atom. The third-order valence-corrected chi connectivity index (χ3v) is 3.36. The molecule has 0 unspecified atom stereocenters. The summed E-state index contributed by atoms with van der Waals surface area (Å²) >= 11 is 5.13. The molecule has 0 aliphatic carbocycles. The van der Waals surface area contributed by atoms with Gasteiger partial charge in [-0.15, -0.1) is 0 Å². The van der Waals surface area contributed by atoms with Gasteiger partial charge < -0.3 is 15.4 Å². The van der Waals surface area contributed by atoms with E-state index in [0.717, 1.165) is 30.7 Å². The second-order valence-corrected chi connectivity index (χ2v) is 5.43. The van der Waals surface area contributed by atoms with Gasteiger partial charge in [0.15, 0.2) is 5.11 Å². The van der Waals surface area contributed by atoms with Crippen molar-refractivity contribution in [3.63, 3.8) is 0 Å². The molecule has 1 aliphatic rings. The van der Waals surface area contributed by atoms with Crippen LogP contribution in [0, 0.1) is 0 Å². The topological polar surface area (TPSA) is 74.8 Å². The van der Waals surface area contributed by atoms with Crippen molar-refractivity contribution in [2.45, 2.75) is 25.9 Å².